The minimum Gasteiger partial charge on any atom is -0.316 e. The number of benzene rings is 1. The number of hydrogen-bond acceptors (Lipinski definition) is 1. The highest BCUT2D eigenvalue weighted by atomic mass is 14.9. The molecule has 0 spiro atoms. The average molecular weight is 201 g/mol. The maximum Gasteiger partial charge on any atom is 0.0170 e. The van der Waals surface area contributed by atoms with Crippen LogP contribution in [-0.4, -0.2) is 13.1 Å². The number of allylic oxidation sites excluding steroid dienone is 1. The SMILES string of the molecule is CN[C@H]1CC=CC[C@@H]1c1ccccc1C. The van der Waals surface area contributed by atoms with Crippen molar-refractivity contribution in [3.05, 3.63) is 47.5 Å². The topological polar surface area (TPSA) is 12.0 Å². The molecule has 0 heterocycles. The number of nitrogens with one attached hydrogen (secondary N) is 1. The summed E-state index contributed by atoms with van der Waals surface area (Å²) in [5.41, 5.74) is 2.92. The Balaban J connectivity index is 2.29. The van der Waals surface area contributed by atoms with Crippen molar-refractivity contribution in [2.75, 3.05) is 7.05 Å². The van der Waals surface area contributed by atoms with Gasteiger partial charge in [-0.05, 0) is 37.9 Å². The Morgan fingerprint density at radius 2 is 1.87 bits per heavy atom. The van der Waals surface area contributed by atoms with Crippen LogP contribution in [0.4, 0.5) is 0 Å². The highest BCUT2D eigenvalue weighted by molar-refractivity contribution is 5.32. The minimum atomic E-state index is 0.594. The second-order valence-electron chi connectivity index (χ2n) is 4.30. The molecular formula is C14H19N. The van der Waals surface area contributed by atoms with E-state index >= 15 is 0 Å². The van der Waals surface area contributed by atoms with Crippen molar-refractivity contribution < 1.29 is 0 Å². The highest BCUT2D eigenvalue weighted by Crippen LogP contribution is 2.31. The molecule has 0 amide bonds. The van der Waals surface area contributed by atoms with Gasteiger partial charge in [0, 0.05) is 12.0 Å². The molecule has 15 heavy (non-hydrogen) atoms. The maximum atomic E-state index is 3.43. The van der Waals surface area contributed by atoms with E-state index in [9.17, 15) is 0 Å². The summed E-state index contributed by atoms with van der Waals surface area (Å²) in [4.78, 5) is 0. The fourth-order valence-electron chi connectivity index (χ4n) is 2.48. The van der Waals surface area contributed by atoms with E-state index in [0.717, 1.165) is 12.8 Å². The smallest absolute Gasteiger partial charge is 0.0170 e. The van der Waals surface area contributed by atoms with Crippen LogP contribution < -0.4 is 5.32 Å². The summed E-state index contributed by atoms with van der Waals surface area (Å²) in [5.74, 6) is 0.640. The van der Waals surface area contributed by atoms with E-state index < -0.39 is 0 Å². The predicted molar refractivity (Wildman–Crippen MR) is 65.1 cm³/mol. The van der Waals surface area contributed by atoms with Crippen LogP contribution in [0.25, 0.3) is 0 Å². The number of rotatable bonds is 2. The second-order valence-corrected chi connectivity index (χ2v) is 4.30. The monoisotopic (exact) mass is 201 g/mol. The molecule has 2 rings (SSSR count). The average Bonchev–Trinajstić information content (AvgIpc) is 2.30. The molecule has 2 atom stereocenters. The zero-order valence-electron chi connectivity index (χ0n) is 9.53. The molecule has 1 aliphatic rings. The third-order valence-electron chi connectivity index (χ3n) is 3.39. The Morgan fingerprint density at radius 1 is 1.13 bits per heavy atom. The minimum absolute atomic E-state index is 0.594. The summed E-state index contributed by atoms with van der Waals surface area (Å²) in [6.45, 7) is 2.21. The van der Waals surface area contributed by atoms with Crippen LogP contribution in [0.15, 0.2) is 36.4 Å². The second kappa shape index (κ2) is 4.63. The third kappa shape index (κ3) is 2.13. The zero-order valence-corrected chi connectivity index (χ0v) is 9.53. The first-order valence-electron chi connectivity index (χ1n) is 5.70. The lowest BCUT2D eigenvalue weighted by atomic mass is 9.82. The van der Waals surface area contributed by atoms with Crippen LogP contribution >= 0.6 is 0 Å². The molecule has 1 aromatic rings. The van der Waals surface area contributed by atoms with Crippen molar-refractivity contribution in [1.29, 1.82) is 0 Å². The molecule has 0 aliphatic heterocycles. The standard InChI is InChI=1S/C14H19N/c1-11-7-3-4-8-12(11)13-9-5-6-10-14(13)15-2/h3-8,13-15H,9-10H2,1-2H3/t13-,14+/m1/s1. The van der Waals surface area contributed by atoms with E-state index in [1.807, 2.05) is 0 Å². The van der Waals surface area contributed by atoms with E-state index in [1.165, 1.54) is 11.1 Å². The van der Waals surface area contributed by atoms with Gasteiger partial charge in [0.25, 0.3) is 0 Å². The number of likely N-dealkylation sites (N-methyl/N-ethyl adjacent to an activating group) is 1. The van der Waals surface area contributed by atoms with Gasteiger partial charge in [-0.2, -0.15) is 0 Å². The van der Waals surface area contributed by atoms with Crippen LogP contribution in [0.5, 0.6) is 0 Å². The molecule has 0 radical (unpaired) electrons. The summed E-state index contributed by atoms with van der Waals surface area (Å²) in [6, 6.07) is 9.33. The predicted octanol–water partition coefficient (Wildman–Crippen LogP) is 3.02. The Bertz CT molecular complexity index is 354. The van der Waals surface area contributed by atoms with Crippen LogP contribution in [0.2, 0.25) is 0 Å². The Morgan fingerprint density at radius 3 is 2.60 bits per heavy atom. The van der Waals surface area contributed by atoms with Gasteiger partial charge < -0.3 is 5.32 Å². The van der Waals surface area contributed by atoms with Gasteiger partial charge in [0.2, 0.25) is 0 Å². The molecule has 0 bridgehead atoms. The highest BCUT2D eigenvalue weighted by Gasteiger charge is 2.23. The van der Waals surface area contributed by atoms with E-state index in [4.69, 9.17) is 0 Å². The van der Waals surface area contributed by atoms with Gasteiger partial charge in [-0.25, -0.2) is 0 Å². The van der Waals surface area contributed by atoms with Crippen LogP contribution in [0.3, 0.4) is 0 Å². The van der Waals surface area contributed by atoms with Crippen molar-refractivity contribution in [3.8, 4) is 0 Å². The van der Waals surface area contributed by atoms with Gasteiger partial charge in [0.05, 0.1) is 0 Å². The summed E-state index contributed by atoms with van der Waals surface area (Å²) in [7, 11) is 2.06. The lowest BCUT2D eigenvalue weighted by Gasteiger charge is -2.29. The quantitative estimate of drug-likeness (QED) is 0.725. The molecule has 1 aliphatic carbocycles. The molecule has 0 aromatic heterocycles. The van der Waals surface area contributed by atoms with Crippen LogP contribution in [-0.2, 0) is 0 Å². The largest absolute Gasteiger partial charge is 0.316 e. The first-order valence-corrected chi connectivity index (χ1v) is 5.70. The molecular weight excluding hydrogens is 182 g/mol. The number of aryl methyl sites for hydroxylation is 1. The van der Waals surface area contributed by atoms with Crippen molar-refractivity contribution in [2.45, 2.75) is 31.7 Å². The van der Waals surface area contributed by atoms with Gasteiger partial charge in [0.15, 0.2) is 0 Å². The zero-order chi connectivity index (χ0) is 10.7. The van der Waals surface area contributed by atoms with Gasteiger partial charge in [0.1, 0.15) is 0 Å². The Hall–Kier alpha value is -1.08. The molecule has 1 nitrogen and oxygen atoms in total. The fraction of sp³-hybridized carbons (Fsp3) is 0.429. The molecule has 0 unspecified atom stereocenters. The molecule has 0 saturated carbocycles. The molecule has 0 fully saturated rings. The third-order valence-corrected chi connectivity index (χ3v) is 3.39. The fourth-order valence-corrected chi connectivity index (χ4v) is 2.48. The van der Waals surface area contributed by atoms with E-state index in [0.29, 0.717) is 12.0 Å². The lowest BCUT2D eigenvalue weighted by Crippen LogP contribution is -2.33. The summed E-state index contributed by atoms with van der Waals surface area (Å²) < 4.78 is 0. The van der Waals surface area contributed by atoms with E-state index in [2.05, 4.69) is 55.7 Å². The first-order chi connectivity index (χ1) is 7.33. The van der Waals surface area contributed by atoms with E-state index in [1.54, 1.807) is 0 Å². The summed E-state index contributed by atoms with van der Waals surface area (Å²) in [6.07, 6.45) is 6.91. The Kier molecular flexibility index (Phi) is 3.22. The molecule has 80 valence electrons. The summed E-state index contributed by atoms with van der Waals surface area (Å²) >= 11 is 0. The van der Waals surface area contributed by atoms with Crippen LogP contribution in [0, 0.1) is 6.92 Å². The molecule has 1 N–H and O–H groups in total. The normalized spacial score (nSPS) is 25.5. The van der Waals surface area contributed by atoms with Gasteiger partial charge in [-0.15, -0.1) is 0 Å². The van der Waals surface area contributed by atoms with Crippen molar-refractivity contribution in [2.24, 2.45) is 0 Å². The van der Waals surface area contributed by atoms with E-state index in [-0.39, 0.29) is 0 Å². The van der Waals surface area contributed by atoms with Gasteiger partial charge >= 0.3 is 0 Å². The van der Waals surface area contributed by atoms with Gasteiger partial charge in [-0.1, -0.05) is 36.4 Å². The Labute approximate surface area is 92.2 Å². The maximum absolute atomic E-state index is 3.43. The molecule has 0 saturated heterocycles. The molecule has 1 aromatic carbocycles. The lowest BCUT2D eigenvalue weighted by molar-refractivity contribution is 0.451. The van der Waals surface area contributed by atoms with Crippen molar-refractivity contribution >= 4 is 0 Å². The first kappa shape index (κ1) is 10.4. The molecule has 1 heteroatoms. The summed E-state index contributed by atoms with van der Waals surface area (Å²) in [5, 5.41) is 3.43. The van der Waals surface area contributed by atoms with Crippen molar-refractivity contribution in [1.82, 2.24) is 5.32 Å². The van der Waals surface area contributed by atoms with Crippen LogP contribution in [0.1, 0.15) is 29.9 Å². The van der Waals surface area contributed by atoms with Crippen molar-refractivity contribution in [3.63, 3.8) is 0 Å². The van der Waals surface area contributed by atoms with Gasteiger partial charge in [-0.3, -0.25) is 0 Å². The number of hydrogen-bond donors (Lipinski definition) is 1.